The van der Waals surface area contributed by atoms with Crippen LogP contribution in [0.25, 0.3) is 22.7 Å². The fourth-order valence-electron chi connectivity index (χ4n) is 3.13. The largest absolute Gasteiger partial charge is 0.411 e. The summed E-state index contributed by atoms with van der Waals surface area (Å²) in [5.41, 5.74) is 4.76. The molecule has 0 radical (unpaired) electrons. The van der Waals surface area contributed by atoms with Crippen molar-refractivity contribution in [1.29, 1.82) is 5.26 Å². The van der Waals surface area contributed by atoms with E-state index in [1.807, 2.05) is 61.7 Å². The highest BCUT2D eigenvalue weighted by Gasteiger charge is 2.25. The average Bonchev–Trinajstić information content (AvgIpc) is 3.43. The first-order valence-corrected chi connectivity index (χ1v) is 11.4. The smallest absolute Gasteiger partial charge is 0.277 e. The Morgan fingerprint density at radius 1 is 1.13 bits per heavy atom. The van der Waals surface area contributed by atoms with Crippen molar-refractivity contribution in [3.05, 3.63) is 70.0 Å². The van der Waals surface area contributed by atoms with Crippen LogP contribution < -0.4 is 0 Å². The van der Waals surface area contributed by atoms with Gasteiger partial charge in [-0.15, -0.1) is 21.5 Å². The number of aromatic nitrogens is 3. The first kappa shape index (κ1) is 21.0. The van der Waals surface area contributed by atoms with Gasteiger partial charge in [-0.05, 0) is 26.0 Å². The third-order valence-electron chi connectivity index (χ3n) is 4.50. The number of thiazole rings is 1. The van der Waals surface area contributed by atoms with E-state index in [9.17, 15) is 10.1 Å². The van der Waals surface area contributed by atoms with Crippen molar-refractivity contribution in [3.63, 3.8) is 0 Å². The van der Waals surface area contributed by atoms with E-state index in [2.05, 4.69) is 27.3 Å². The molecule has 0 aliphatic heterocycles. The molecule has 0 spiro atoms. The first-order chi connectivity index (χ1) is 15.0. The summed E-state index contributed by atoms with van der Waals surface area (Å²) in [7, 11) is 0. The maximum Gasteiger partial charge on any atom is 0.277 e. The normalized spacial score (nSPS) is 11.8. The molecule has 1 unspecified atom stereocenters. The second kappa shape index (κ2) is 9.25. The van der Waals surface area contributed by atoms with E-state index in [4.69, 9.17) is 4.42 Å². The standard InChI is InChI=1S/C23H18N4O2S2/c1-14-8-15(2)10-17(9-14)21-26-27-23(29-21)31-13-20(28)18(11-24)22-25-19(12-30-22)16-6-4-3-5-7-16/h3-10,12,18H,13H2,1-2H3. The van der Waals surface area contributed by atoms with Crippen LogP contribution in [0.2, 0.25) is 0 Å². The molecule has 2 aromatic carbocycles. The van der Waals surface area contributed by atoms with Gasteiger partial charge in [0.05, 0.1) is 17.5 Å². The third kappa shape index (κ3) is 4.90. The van der Waals surface area contributed by atoms with E-state index < -0.39 is 5.92 Å². The molecule has 4 aromatic rings. The maximum absolute atomic E-state index is 12.7. The molecule has 2 heterocycles. The molecule has 31 heavy (non-hydrogen) atoms. The predicted molar refractivity (Wildman–Crippen MR) is 121 cm³/mol. The second-order valence-corrected chi connectivity index (χ2v) is 8.82. The van der Waals surface area contributed by atoms with Crippen LogP contribution in [0.1, 0.15) is 22.1 Å². The minimum Gasteiger partial charge on any atom is -0.411 e. The lowest BCUT2D eigenvalue weighted by molar-refractivity contribution is -0.116. The summed E-state index contributed by atoms with van der Waals surface area (Å²) >= 11 is 2.45. The number of carbonyl (C=O) groups excluding carboxylic acids is 1. The molecule has 0 fully saturated rings. The molecule has 0 aliphatic rings. The monoisotopic (exact) mass is 446 g/mol. The number of hydrogen-bond acceptors (Lipinski definition) is 8. The number of thioether (sulfide) groups is 1. The number of rotatable bonds is 7. The van der Waals surface area contributed by atoms with Gasteiger partial charge in [0.1, 0.15) is 5.01 Å². The molecular formula is C23H18N4O2S2. The molecular weight excluding hydrogens is 428 g/mol. The molecule has 2 aromatic heterocycles. The Balaban J connectivity index is 1.43. The van der Waals surface area contributed by atoms with Gasteiger partial charge in [-0.2, -0.15) is 5.26 Å². The quantitative estimate of drug-likeness (QED) is 0.349. The van der Waals surface area contributed by atoms with Crippen LogP contribution in [-0.2, 0) is 4.79 Å². The first-order valence-electron chi connectivity index (χ1n) is 9.51. The van der Waals surface area contributed by atoms with Gasteiger partial charge in [-0.3, -0.25) is 4.79 Å². The van der Waals surface area contributed by atoms with Crippen LogP contribution >= 0.6 is 23.1 Å². The number of ketones is 1. The summed E-state index contributed by atoms with van der Waals surface area (Å²) in [5, 5.41) is 20.3. The fourth-order valence-corrected chi connectivity index (χ4v) is 4.69. The van der Waals surface area contributed by atoms with Crippen molar-refractivity contribution < 1.29 is 9.21 Å². The van der Waals surface area contributed by atoms with Crippen LogP contribution in [0.4, 0.5) is 0 Å². The van der Waals surface area contributed by atoms with Gasteiger partial charge in [0, 0.05) is 16.5 Å². The number of aryl methyl sites for hydroxylation is 2. The SMILES string of the molecule is Cc1cc(C)cc(-c2nnc(SCC(=O)C(C#N)c3nc(-c4ccccc4)cs3)o2)c1. The Labute approximate surface area is 188 Å². The molecule has 154 valence electrons. The van der Waals surface area contributed by atoms with Crippen molar-refractivity contribution >= 4 is 28.9 Å². The zero-order valence-electron chi connectivity index (χ0n) is 16.9. The van der Waals surface area contributed by atoms with Crippen molar-refractivity contribution in [2.24, 2.45) is 0 Å². The lowest BCUT2D eigenvalue weighted by Gasteiger charge is -2.03. The van der Waals surface area contributed by atoms with Gasteiger partial charge >= 0.3 is 0 Å². The molecule has 0 N–H and O–H groups in total. The van der Waals surface area contributed by atoms with Gasteiger partial charge in [0.15, 0.2) is 11.7 Å². The van der Waals surface area contributed by atoms with Crippen molar-refractivity contribution in [1.82, 2.24) is 15.2 Å². The third-order valence-corrected chi connectivity index (χ3v) is 6.25. The molecule has 0 bridgehead atoms. The average molecular weight is 447 g/mol. The Hall–Kier alpha value is -3.28. The van der Waals surface area contributed by atoms with Crippen molar-refractivity contribution in [3.8, 4) is 28.8 Å². The summed E-state index contributed by atoms with van der Waals surface area (Å²) in [6.07, 6.45) is 0. The Bertz CT molecular complexity index is 1240. The maximum atomic E-state index is 12.7. The van der Waals surface area contributed by atoms with Gasteiger partial charge < -0.3 is 4.42 Å². The molecule has 0 aliphatic carbocycles. The lowest BCUT2D eigenvalue weighted by Crippen LogP contribution is -2.13. The van der Waals surface area contributed by atoms with Gasteiger partial charge in [0.2, 0.25) is 5.89 Å². The Kier molecular flexibility index (Phi) is 6.26. The van der Waals surface area contributed by atoms with E-state index in [-0.39, 0.29) is 11.5 Å². The minimum absolute atomic E-state index is 0.0486. The van der Waals surface area contributed by atoms with Crippen molar-refractivity contribution in [2.75, 3.05) is 5.75 Å². The zero-order valence-corrected chi connectivity index (χ0v) is 18.5. The highest BCUT2D eigenvalue weighted by Crippen LogP contribution is 2.29. The Morgan fingerprint density at radius 3 is 2.58 bits per heavy atom. The summed E-state index contributed by atoms with van der Waals surface area (Å²) in [5.74, 6) is -0.706. The highest BCUT2D eigenvalue weighted by molar-refractivity contribution is 7.99. The van der Waals surface area contributed by atoms with E-state index in [0.29, 0.717) is 16.1 Å². The predicted octanol–water partition coefficient (Wildman–Crippen LogP) is 5.45. The van der Waals surface area contributed by atoms with Gasteiger partial charge in [-0.1, -0.05) is 59.3 Å². The summed E-state index contributed by atoms with van der Waals surface area (Å²) in [4.78, 5) is 17.2. The van der Waals surface area contributed by atoms with E-state index in [1.54, 1.807) is 0 Å². The molecule has 0 saturated heterocycles. The van der Waals surface area contributed by atoms with Gasteiger partial charge in [0.25, 0.3) is 5.22 Å². The lowest BCUT2D eigenvalue weighted by atomic mass is 10.1. The number of nitriles is 1. The minimum atomic E-state index is -0.920. The van der Waals surface area contributed by atoms with Crippen LogP contribution in [0, 0.1) is 25.2 Å². The molecule has 1 atom stereocenters. The fraction of sp³-hybridized carbons (Fsp3) is 0.174. The van der Waals surface area contributed by atoms with Crippen LogP contribution in [0.15, 0.2) is 63.6 Å². The van der Waals surface area contributed by atoms with Crippen molar-refractivity contribution in [2.45, 2.75) is 25.0 Å². The number of hydrogen-bond donors (Lipinski definition) is 0. The number of Topliss-reactive ketones (excluding diaryl/α,β-unsaturated/α-hetero) is 1. The zero-order chi connectivity index (χ0) is 21.8. The molecule has 8 heteroatoms. The summed E-state index contributed by atoms with van der Waals surface area (Å²) < 4.78 is 5.70. The van der Waals surface area contributed by atoms with Crippen LogP contribution in [-0.4, -0.2) is 26.7 Å². The molecule has 6 nitrogen and oxygen atoms in total. The summed E-state index contributed by atoms with van der Waals surface area (Å²) in [6, 6.07) is 17.8. The van der Waals surface area contributed by atoms with E-state index in [1.165, 1.54) is 11.3 Å². The molecule has 4 rings (SSSR count). The topological polar surface area (TPSA) is 92.7 Å². The Morgan fingerprint density at radius 2 is 1.87 bits per heavy atom. The van der Waals surface area contributed by atoms with E-state index >= 15 is 0 Å². The molecule has 0 saturated carbocycles. The number of nitrogens with zero attached hydrogens (tertiary/aromatic N) is 4. The van der Waals surface area contributed by atoms with E-state index in [0.717, 1.165) is 39.7 Å². The highest BCUT2D eigenvalue weighted by atomic mass is 32.2. The summed E-state index contributed by atoms with van der Waals surface area (Å²) in [6.45, 7) is 4.01. The van der Waals surface area contributed by atoms with Crippen LogP contribution in [0.3, 0.4) is 0 Å². The number of benzene rings is 2. The van der Waals surface area contributed by atoms with Gasteiger partial charge in [-0.25, -0.2) is 4.98 Å². The van der Waals surface area contributed by atoms with Crippen LogP contribution in [0.5, 0.6) is 0 Å². The number of carbonyl (C=O) groups is 1. The second-order valence-electron chi connectivity index (χ2n) is 7.00. The molecule has 0 amide bonds.